The Hall–Kier alpha value is -2.25. The standard InChI is InChI=1S/C10H14N6O2/c1-6(2)7(3-10(17)18)12-8-4-11-5-9-13-14-15-16(8)9/h4-7,12H,3H2,1-2H3,(H,17,18). The molecule has 96 valence electrons. The third-order valence-corrected chi connectivity index (χ3v) is 2.64. The van der Waals surface area contributed by atoms with Crippen molar-refractivity contribution in [2.45, 2.75) is 26.3 Å². The first-order chi connectivity index (χ1) is 8.58. The highest BCUT2D eigenvalue weighted by molar-refractivity contribution is 5.68. The van der Waals surface area contributed by atoms with E-state index in [1.54, 1.807) is 6.20 Å². The van der Waals surface area contributed by atoms with Gasteiger partial charge in [0, 0.05) is 6.04 Å². The van der Waals surface area contributed by atoms with Crippen LogP contribution in [0.25, 0.3) is 5.65 Å². The Morgan fingerprint density at radius 3 is 2.94 bits per heavy atom. The monoisotopic (exact) mass is 250 g/mol. The first kappa shape index (κ1) is 12.2. The van der Waals surface area contributed by atoms with Crippen molar-refractivity contribution in [1.82, 2.24) is 25.0 Å². The van der Waals surface area contributed by atoms with E-state index < -0.39 is 5.97 Å². The lowest BCUT2D eigenvalue weighted by Gasteiger charge is -2.21. The second-order valence-electron chi connectivity index (χ2n) is 4.33. The highest BCUT2D eigenvalue weighted by atomic mass is 16.4. The Balaban J connectivity index is 2.25. The van der Waals surface area contributed by atoms with Crippen molar-refractivity contribution >= 4 is 17.4 Å². The number of aromatic nitrogens is 5. The molecule has 0 spiro atoms. The molecule has 0 amide bonds. The van der Waals surface area contributed by atoms with E-state index in [0.29, 0.717) is 11.5 Å². The minimum absolute atomic E-state index is 0.0240. The van der Waals surface area contributed by atoms with Gasteiger partial charge in [0.15, 0.2) is 11.5 Å². The lowest BCUT2D eigenvalue weighted by Crippen LogP contribution is -2.29. The highest BCUT2D eigenvalue weighted by Crippen LogP contribution is 2.14. The molecule has 2 aromatic rings. The minimum atomic E-state index is -0.849. The fourth-order valence-electron chi connectivity index (χ4n) is 1.61. The third kappa shape index (κ3) is 2.53. The second kappa shape index (κ2) is 4.94. The van der Waals surface area contributed by atoms with E-state index in [0.717, 1.165) is 0 Å². The number of hydrogen-bond acceptors (Lipinski definition) is 6. The molecule has 0 aliphatic rings. The number of aliphatic carboxylic acids is 1. The van der Waals surface area contributed by atoms with E-state index in [1.165, 1.54) is 10.7 Å². The van der Waals surface area contributed by atoms with E-state index in [9.17, 15) is 4.79 Å². The summed E-state index contributed by atoms with van der Waals surface area (Å²) in [7, 11) is 0. The maximum atomic E-state index is 10.8. The predicted molar refractivity (Wildman–Crippen MR) is 63.1 cm³/mol. The first-order valence-electron chi connectivity index (χ1n) is 5.58. The zero-order chi connectivity index (χ0) is 13.1. The third-order valence-electron chi connectivity index (χ3n) is 2.64. The van der Waals surface area contributed by atoms with Crippen LogP contribution in [0.2, 0.25) is 0 Å². The number of anilines is 1. The number of carbonyl (C=O) groups is 1. The van der Waals surface area contributed by atoms with Crippen LogP contribution in [-0.2, 0) is 4.79 Å². The molecule has 1 unspecified atom stereocenters. The van der Waals surface area contributed by atoms with Crippen molar-refractivity contribution in [3.05, 3.63) is 12.4 Å². The largest absolute Gasteiger partial charge is 0.481 e. The van der Waals surface area contributed by atoms with Gasteiger partial charge >= 0.3 is 5.97 Å². The normalized spacial score (nSPS) is 12.8. The van der Waals surface area contributed by atoms with Gasteiger partial charge in [-0.3, -0.25) is 9.78 Å². The van der Waals surface area contributed by atoms with E-state index in [1.807, 2.05) is 13.8 Å². The summed E-state index contributed by atoms with van der Waals surface area (Å²) >= 11 is 0. The summed E-state index contributed by atoms with van der Waals surface area (Å²) in [6.07, 6.45) is 3.13. The molecule has 0 fully saturated rings. The molecular formula is C10H14N6O2. The number of carboxylic acid groups (broad SMARTS) is 1. The Bertz CT molecular complexity index is 552. The molecule has 8 nitrogen and oxygen atoms in total. The zero-order valence-electron chi connectivity index (χ0n) is 10.1. The SMILES string of the molecule is CC(C)C(CC(=O)O)Nc1cncc2nnnn12. The van der Waals surface area contributed by atoms with Crippen molar-refractivity contribution in [3.63, 3.8) is 0 Å². The molecule has 0 saturated carbocycles. The van der Waals surface area contributed by atoms with Gasteiger partial charge in [-0.2, -0.15) is 4.52 Å². The Labute approximate surface area is 103 Å². The zero-order valence-corrected chi connectivity index (χ0v) is 10.1. The lowest BCUT2D eigenvalue weighted by atomic mass is 10.0. The van der Waals surface area contributed by atoms with Crippen LogP contribution in [-0.4, -0.2) is 42.1 Å². The molecule has 0 radical (unpaired) electrons. The van der Waals surface area contributed by atoms with E-state index in [-0.39, 0.29) is 18.4 Å². The number of rotatable bonds is 5. The molecule has 0 saturated heterocycles. The van der Waals surface area contributed by atoms with Crippen molar-refractivity contribution in [3.8, 4) is 0 Å². The molecule has 0 aromatic carbocycles. The van der Waals surface area contributed by atoms with Gasteiger partial charge in [0.25, 0.3) is 0 Å². The smallest absolute Gasteiger partial charge is 0.305 e. The quantitative estimate of drug-likeness (QED) is 0.792. The van der Waals surface area contributed by atoms with Crippen LogP contribution >= 0.6 is 0 Å². The van der Waals surface area contributed by atoms with Gasteiger partial charge in [-0.05, 0) is 16.3 Å². The molecule has 0 aliphatic heterocycles. The van der Waals surface area contributed by atoms with Gasteiger partial charge in [-0.1, -0.05) is 13.8 Å². The van der Waals surface area contributed by atoms with Gasteiger partial charge in [0.05, 0.1) is 18.8 Å². The Morgan fingerprint density at radius 2 is 2.28 bits per heavy atom. The molecule has 2 N–H and O–H groups in total. The fraction of sp³-hybridized carbons (Fsp3) is 0.500. The van der Waals surface area contributed by atoms with Crippen LogP contribution in [0.15, 0.2) is 12.4 Å². The van der Waals surface area contributed by atoms with Gasteiger partial charge in [0.1, 0.15) is 0 Å². The maximum absolute atomic E-state index is 10.8. The van der Waals surface area contributed by atoms with Gasteiger partial charge < -0.3 is 10.4 Å². The summed E-state index contributed by atoms with van der Waals surface area (Å²) < 4.78 is 1.49. The molecule has 1 atom stereocenters. The molecular weight excluding hydrogens is 236 g/mol. The second-order valence-corrected chi connectivity index (χ2v) is 4.33. The Kier molecular flexibility index (Phi) is 3.35. The van der Waals surface area contributed by atoms with Crippen LogP contribution in [0.3, 0.4) is 0 Å². The summed E-state index contributed by atoms with van der Waals surface area (Å²) in [6.45, 7) is 3.90. The van der Waals surface area contributed by atoms with Crippen LogP contribution < -0.4 is 5.32 Å². The summed E-state index contributed by atoms with van der Waals surface area (Å²) in [5, 5.41) is 23.1. The molecule has 2 rings (SSSR count). The van der Waals surface area contributed by atoms with Gasteiger partial charge in [-0.25, -0.2) is 0 Å². The average molecular weight is 250 g/mol. The lowest BCUT2D eigenvalue weighted by molar-refractivity contribution is -0.137. The van der Waals surface area contributed by atoms with Crippen molar-refractivity contribution < 1.29 is 9.90 Å². The minimum Gasteiger partial charge on any atom is -0.481 e. The molecule has 0 bridgehead atoms. The van der Waals surface area contributed by atoms with Crippen molar-refractivity contribution in [2.75, 3.05) is 5.32 Å². The first-order valence-corrected chi connectivity index (χ1v) is 5.58. The number of nitrogens with zero attached hydrogens (tertiary/aromatic N) is 5. The van der Waals surface area contributed by atoms with Gasteiger partial charge in [0.2, 0.25) is 0 Å². The van der Waals surface area contributed by atoms with Crippen LogP contribution in [0, 0.1) is 5.92 Å². The predicted octanol–water partition coefficient (Wildman–Crippen LogP) is 0.430. The molecule has 0 aliphatic carbocycles. The number of carboxylic acids is 1. The molecule has 2 heterocycles. The molecule has 18 heavy (non-hydrogen) atoms. The van der Waals surface area contributed by atoms with E-state index in [2.05, 4.69) is 25.8 Å². The summed E-state index contributed by atoms with van der Waals surface area (Å²) in [4.78, 5) is 14.8. The average Bonchev–Trinajstić information content (AvgIpc) is 2.76. The van der Waals surface area contributed by atoms with E-state index >= 15 is 0 Å². The molecule has 8 heteroatoms. The van der Waals surface area contributed by atoms with Crippen LogP contribution in [0.5, 0.6) is 0 Å². The van der Waals surface area contributed by atoms with E-state index in [4.69, 9.17) is 5.11 Å². The Morgan fingerprint density at radius 1 is 1.50 bits per heavy atom. The van der Waals surface area contributed by atoms with Crippen LogP contribution in [0.4, 0.5) is 5.82 Å². The van der Waals surface area contributed by atoms with Crippen LogP contribution in [0.1, 0.15) is 20.3 Å². The van der Waals surface area contributed by atoms with Crippen molar-refractivity contribution in [1.29, 1.82) is 0 Å². The summed E-state index contributed by atoms with van der Waals surface area (Å²) in [5.74, 6) is -0.108. The summed E-state index contributed by atoms with van der Waals surface area (Å²) in [6, 6.07) is -0.209. The summed E-state index contributed by atoms with van der Waals surface area (Å²) in [5.41, 5.74) is 0.512. The number of fused-ring (bicyclic) bond motifs is 1. The van der Waals surface area contributed by atoms with Crippen molar-refractivity contribution in [2.24, 2.45) is 5.92 Å². The topological polar surface area (TPSA) is 105 Å². The molecule has 2 aromatic heterocycles. The maximum Gasteiger partial charge on any atom is 0.305 e. The number of nitrogens with one attached hydrogen (secondary N) is 1. The van der Waals surface area contributed by atoms with Gasteiger partial charge in [-0.15, -0.1) is 5.10 Å². The highest BCUT2D eigenvalue weighted by Gasteiger charge is 2.18. The number of tetrazole rings is 1. The number of hydrogen-bond donors (Lipinski definition) is 2. The fourth-order valence-corrected chi connectivity index (χ4v) is 1.61.